The van der Waals surface area contributed by atoms with Crippen LogP contribution >= 0.6 is 0 Å². The molecular weight excluding hydrogens is 309 g/mol. The molecule has 0 aliphatic carbocycles. The molecule has 0 bridgehead atoms. The fraction of sp³-hybridized carbons (Fsp3) is 0.263. The Morgan fingerprint density at radius 2 is 1.67 bits per heavy atom. The van der Waals surface area contributed by atoms with Gasteiger partial charge in [-0.1, -0.05) is 50.6 Å². The van der Waals surface area contributed by atoms with Crippen molar-refractivity contribution in [2.45, 2.75) is 33.1 Å². The van der Waals surface area contributed by atoms with Gasteiger partial charge in [0.2, 0.25) is 6.41 Å². The van der Waals surface area contributed by atoms with Gasteiger partial charge >= 0.3 is 0 Å². The molecule has 2 aromatic rings. The predicted molar refractivity (Wildman–Crippen MR) is 96.9 cm³/mol. The van der Waals surface area contributed by atoms with Crippen LogP contribution in [0.1, 0.15) is 33.3 Å². The molecule has 2 rings (SSSR count). The predicted octanol–water partition coefficient (Wildman–Crippen LogP) is 4.45. The highest BCUT2D eigenvalue weighted by atomic mass is 19.1. The summed E-state index contributed by atoms with van der Waals surface area (Å²) in [5, 5.41) is 11.0. The number of nitrogens with one attached hydrogen (secondary N) is 1. The van der Waals surface area contributed by atoms with E-state index in [1.54, 1.807) is 0 Å². The lowest BCUT2D eigenvalue weighted by molar-refractivity contribution is -0.105. The van der Waals surface area contributed by atoms with Gasteiger partial charge in [0.05, 0.1) is 0 Å². The van der Waals surface area contributed by atoms with E-state index in [1.807, 2.05) is 6.79 Å². The van der Waals surface area contributed by atoms with Gasteiger partial charge in [0.25, 0.3) is 0 Å². The van der Waals surface area contributed by atoms with Gasteiger partial charge in [0.1, 0.15) is 6.79 Å². The van der Waals surface area contributed by atoms with Crippen molar-refractivity contribution in [1.82, 2.24) is 0 Å². The van der Waals surface area contributed by atoms with Crippen molar-refractivity contribution < 1.29 is 20.5 Å². The first-order valence-corrected chi connectivity index (χ1v) is 7.29. The second-order valence-corrected chi connectivity index (χ2v) is 6.04. The van der Waals surface area contributed by atoms with Gasteiger partial charge in [-0.05, 0) is 30.0 Å². The minimum Gasteiger partial charge on any atom is -0.505 e. The second kappa shape index (κ2) is 10.2. The molecule has 2 aromatic carbocycles. The van der Waals surface area contributed by atoms with Gasteiger partial charge in [0.15, 0.2) is 11.6 Å². The summed E-state index contributed by atoms with van der Waals surface area (Å²) in [7, 11) is 0. The molecule has 0 radical (unpaired) electrons. The molecule has 0 aliphatic heterocycles. The number of benzene rings is 2. The van der Waals surface area contributed by atoms with Crippen LogP contribution in [0, 0.1) is 12.7 Å². The van der Waals surface area contributed by atoms with E-state index in [0.29, 0.717) is 12.1 Å². The second-order valence-electron chi connectivity index (χ2n) is 6.04. The van der Waals surface area contributed by atoms with E-state index in [9.17, 15) is 9.18 Å². The number of aromatic hydroxyl groups is 1. The molecule has 1 amide bonds. The Balaban J connectivity index is 0. The van der Waals surface area contributed by atoms with Gasteiger partial charge in [0, 0.05) is 13.2 Å². The number of hydrogen-bond acceptors (Lipinski definition) is 3. The molecule has 132 valence electrons. The van der Waals surface area contributed by atoms with E-state index >= 15 is 0 Å². The van der Waals surface area contributed by atoms with Gasteiger partial charge in [-0.15, -0.1) is 0 Å². The average Bonchev–Trinajstić information content (AvgIpc) is 2.53. The molecule has 0 fully saturated rings. The van der Waals surface area contributed by atoms with Crippen LogP contribution in [0.4, 0.5) is 10.1 Å². The van der Waals surface area contributed by atoms with E-state index < -0.39 is 11.6 Å². The minimum absolute atomic E-state index is 0. The Morgan fingerprint density at radius 1 is 1.12 bits per heavy atom. The fourth-order valence-electron chi connectivity index (χ4n) is 1.72. The van der Waals surface area contributed by atoms with Crippen molar-refractivity contribution in [3.8, 4) is 5.75 Å². The zero-order valence-corrected chi connectivity index (χ0v) is 14.5. The van der Waals surface area contributed by atoms with E-state index in [1.165, 1.54) is 23.3 Å². The van der Waals surface area contributed by atoms with Crippen LogP contribution in [0.2, 0.25) is 0 Å². The van der Waals surface area contributed by atoms with Crippen molar-refractivity contribution in [2.75, 3.05) is 5.32 Å². The highest BCUT2D eigenvalue weighted by Crippen LogP contribution is 2.21. The Hall–Kier alpha value is -2.69. The van der Waals surface area contributed by atoms with Crippen molar-refractivity contribution in [3.05, 3.63) is 59.4 Å². The summed E-state index contributed by atoms with van der Waals surface area (Å²) in [5.74, 6) is -1.18. The van der Waals surface area contributed by atoms with E-state index in [-0.39, 0.29) is 6.84 Å². The van der Waals surface area contributed by atoms with E-state index in [2.05, 4.69) is 57.3 Å². The summed E-state index contributed by atoms with van der Waals surface area (Å²) in [6.07, 6.45) is 0.436. The summed E-state index contributed by atoms with van der Waals surface area (Å²) in [6, 6.07) is 12.3. The lowest BCUT2D eigenvalue weighted by Crippen LogP contribution is -2.10. The van der Waals surface area contributed by atoms with Gasteiger partial charge in [-0.3, -0.25) is 4.79 Å². The first-order valence-electron chi connectivity index (χ1n) is 7.29. The third-order valence-corrected chi connectivity index (χ3v) is 3.09. The highest BCUT2D eigenvalue weighted by Gasteiger charge is 2.11. The van der Waals surface area contributed by atoms with Crippen molar-refractivity contribution in [2.24, 2.45) is 0 Å². The number of rotatable bonds is 2. The van der Waals surface area contributed by atoms with Crippen LogP contribution in [-0.2, 0) is 15.0 Å². The van der Waals surface area contributed by atoms with Crippen LogP contribution in [0.25, 0.3) is 0 Å². The molecule has 5 heteroatoms. The molecule has 2 N–H and O–H groups in total. The Morgan fingerprint density at radius 3 is 2.08 bits per heavy atom. The maximum Gasteiger partial charge on any atom is 0.211 e. The molecule has 0 saturated heterocycles. The summed E-state index contributed by atoms with van der Waals surface area (Å²) < 4.78 is 12.5. The molecule has 4 nitrogen and oxygen atoms in total. The normalized spacial score (nSPS) is 9.71. The average molecular weight is 335 g/mol. The molecule has 0 aromatic heterocycles. The third kappa shape index (κ3) is 7.54. The molecule has 0 spiro atoms. The Bertz CT molecular complexity index is 640. The monoisotopic (exact) mass is 335 g/mol. The van der Waals surface area contributed by atoms with Crippen molar-refractivity contribution >= 4 is 18.9 Å². The summed E-state index contributed by atoms with van der Waals surface area (Å²) >= 11 is 0. The zero-order valence-electron chi connectivity index (χ0n) is 14.5. The number of aryl methyl sites for hydroxylation is 1. The Labute approximate surface area is 143 Å². The molecule has 0 unspecified atom stereocenters. The summed E-state index contributed by atoms with van der Waals surface area (Å²) in [4.78, 5) is 17.9. The first kappa shape index (κ1) is 21.3. The largest absolute Gasteiger partial charge is 0.505 e. The maximum absolute atomic E-state index is 12.5. The quantitative estimate of drug-likeness (QED) is 0.629. The van der Waals surface area contributed by atoms with Crippen LogP contribution < -0.4 is 5.32 Å². The standard InChI is InChI=1S/C11H16.C7H6FNO2.CH2O.H2/c1-9-5-7-10(8-6-9)11(2,3)4;8-6-3-5(9-4-10)1-2-7(6)11;1-2;/h5-8H,1-4H3;1-4,11H,(H,9,10);1H2;1H. The minimum atomic E-state index is -0.753. The number of phenolic OH excluding ortho intramolecular Hbond substituents is 1. The molecule has 0 heterocycles. The number of halogens is 1. The number of carbonyl (C=O) groups excluding carboxylic acids is 2. The fourth-order valence-corrected chi connectivity index (χ4v) is 1.72. The van der Waals surface area contributed by atoms with Gasteiger partial charge < -0.3 is 15.2 Å². The number of hydrogen-bond donors (Lipinski definition) is 2. The number of phenols is 1. The van der Waals surface area contributed by atoms with Crippen molar-refractivity contribution in [1.29, 1.82) is 0 Å². The lowest BCUT2D eigenvalue weighted by Gasteiger charge is -2.18. The van der Waals surface area contributed by atoms with Crippen LogP contribution in [-0.4, -0.2) is 18.3 Å². The van der Waals surface area contributed by atoms with E-state index in [0.717, 1.165) is 6.07 Å². The molecular formula is C19H26FNO3. The lowest BCUT2D eigenvalue weighted by atomic mass is 9.87. The molecule has 0 aliphatic rings. The molecule has 0 saturated carbocycles. The van der Waals surface area contributed by atoms with Crippen LogP contribution in [0.5, 0.6) is 5.75 Å². The highest BCUT2D eigenvalue weighted by molar-refractivity contribution is 5.71. The zero-order chi connectivity index (χ0) is 18.8. The van der Waals surface area contributed by atoms with Crippen molar-refractivity contribution in [3.63, 3.8) is 0 Å². The first-order chi connectivity index (χ1) is 11.2. The maximum atomic E-state index is 12.5. The topological polar surface area (TPSA) is 66.4 Å². The molecule has 0 atom stereocenters. The smallest absolute Gasteiger partial charge is 0.211 e. The van der Waals surface area contributed by atoms with E-state index in [4.69, 9.17) is 9.90 Å². The van der Waals surface area contributed by atoms with Crippen LogP contribution in [0.15, 0.2) is 42.5 Å². The summed E-state index contributed by atoms with van der Waals surface area (Å²) in [6.45, 7) is 10.8. The third-order valence-electron chi connectivity index (χ3n) is 3.09. The number of carbonyl (C=O) groups is 2. The van der Waals surface area contributed by atoms with Crippen LogP contribution in [0.3, 0.4) is 0 Å². The van der Waals surface area contributed by atoms with Gasteiger partial charge in [-0.25, -0.2) is 4.39 Å². The number of anilines is 1. The number of amides is 1. The SMILES string of the molecule is C=O.Cc1ccc(C(C)(C)C)cc1.O=CNc1ccc(O)c(F)c1.[HH]. The Kier molecular flexibility index (Phi) is 9.02. The summed E-state index contributed by atoms with van der Waals surface area (Å²) in [5.41, 5.74) is 3.34. The van der Waals surface area contributed by atoms with Gasteiger partial charge in [-0.2, -0.15) is 0 Å². The molecule has 24 heavy (non-hydrogen) atoms.